The SMILES string of the molecule is Cc1cn(C2CCN(Cc3cc(=O)c4ccccc4[nH]3)CC2)c(=O)[nH]c1=O. The standard InChI is InChI=1S/C20H22N4O3/c1-13-11-24(20(27)22-19(13)26)15-6-8-23(9-7-15)12-14-10-18(25)16-4-2-3-5-17(16)21-14/h2-5,10-11,15H,6-9,12H2,1H3,(H,21,25)(H,22,26,27). The molecule has 7 nitrogen and oxygen atoms in total. The Balaban J connectivity index is 1.47. The molecule has 0 saturated carbocycles. The first-order valence-corrected chi connectivity index (χ1v) is 9.16. The van der Waals surface area contributed by atoms with Crippen molar-refractivity contribution in [1.29, 1.82) is 0 Å². The second-order valence-corrected chi connectivity index (χ2v) is 7.19. The maximum absolute atomic E-state index is 12.3. The van der Waals surface area contributed by atoms with Gasteiger partial charge in [-0.05, 0) is 31.9 Å². The number of piperidine rings is 1. The Bertz CT molecular complexity index is 1150. The van der Waals surface area contributed by atoms with Gasteiger partial charge in [-0.25, -0.2) is 4.79 Å². The number of nitrogens with one attached hydrogen (secondary N) is 2. The number of aryl methyl sites for hydroxylation is 1. The normalized spacial score (nSPS) is 16.0. The quantitative estimate of drug-likeness (QED) is 0.735. The molecule has 0 bridgehead atoms. The van der Waals surface area contributed by atoms with Crippen LogP contribution in [0.3, 0.4) is 0 Å². The molecule has 1 fully saturated rings. The minimum absolute atomic E-state index is 0.0319. The maximum Gasteiger partial charge on any atom is 0.328 e. The van der Waals surface area contributed by atoms with E-state index in [0.717, 1.165) is 37.1 Å². The molecule has 4 rings (SSSR count). The van der Waals surface area contributed by atoms with Gasteiger partial charge in [0.1, 0.15) is 0 Å². The van der Waals surface area contributed by atoms with Gasteiger partial charge in [0.05, 0.1) is 0 Å². The highest BCUT2D eigenvalue weighted by atomic mass is 16.2. The summed E-state index contributed by atoms with van der Waals surface area (Å²) in [5.41, 5.74) is 1.66. The molecule has 1 aliphatic heterocycles. The highest BCUT2D eigenvalue weighted by Gasteiger charge is 2.22. The van der Waals surface area contributed by atoms with Crippen LogP contribution < -0.4 is 16.7 Å². The van der Waals surface area contributed by atoms with Gasteiger partial charge in [0.15, 0.2) is 5.43 Å². The molecule has 1 saturated heterocycles. The first-order valence-electron chi connectivity index (χ1n) is 9.16. The average Bonchev–Trinajstić information content (AvgIpc) is 2.66. The third kappa shape index (κ3) is 3.50. The summed E-state index contributed by atoms with van der Waals surface area (Å²) < 4.78 is 1.64. The molecule has 3 heterocycles. The van der Waals surface area contributed by atoms with E-state index in [1.807, 2.05) is 24.3 Å². The van der Waals surface area contributed by atoms with Gasteiger partial charge in [-0.1, -0.05) is 12.1 Å². The first kappa shape index (κ1) is 17.5. The van der Waals surface area contributed by atoms with E-state index in [1.54, 1.807) is 23.8 Å². The number of aromatic nitrogens is 3. The van der Waals surface area contributed by atoms with Crippen molar-refractivity contribution >= 4 is 10.9 Å². The van der Waals surface area contributed by atoms with Crippen molar-refractivity contribution in [3.8, 4) is 0 Å². The van der Waals surface area contributed by atoms with Gasteiger partial charge in [0, 0.05) is 60.1 Å². The van der Waals surface area contributed by atoms with E-state index in [1.165, 1.54) is 0 Å². The Hall–Kier alpha value is -2.93. The molecular formula is C20H22N4O3. The van der Waals surface area contributed by atoms with Crippen molar-refractivity contribution in [2.75, 3.05) is 13.1 Å². The number of nitrogens with zero attached hydrogens (tertiary/aromatic N) is 2. The molecule has 0 amide bonds. The van der Waals surface area contributed by atoms with Crippen molar-refractivity contribution in [3.05, 3.63) is 78.8 Å². The lowest BCUT2D eigenvalue weighted by atomic mass is 10.0. The Kier molecular flexibility index (Phi) is 4.53. The Morgan fingerprint density at radius 3 is 2.59 bits per heavy atom. The van der Waals surface area contributed by atoms with Gasteiger partial charge >= 0.3 is 5.69 Å². The third-order valence-electron chi connectivity index (χ3n) is 5.28. The average molecular weight is 366 g/mol. The zero-order valence-electron chi connectivity index (χ0n) is 15.2. The molecule has 0 unspecified atom stereocenters. The molecule has 0 atom stereocenters. The predicted octanol–water partition coefficient (Wildman–Crippen LogP) is 1.52. The van der Waals surface area contributed by atoms with Crippen LogP contribution in [-0.2, 0) is 6.54 Å². The summed E-state index contributed by atoms with van der Waals surface area (Å²) in [6.45, 7) is 4.03. The predicted molar refractivity (Wildman–Crippen MR) is 104 cm³/mol. The lowest BCUT2D eigenvalue weighted by Crippen LogP contribution is -2.39. The van der Waals surface area contributed by atoms with Crippen LogP contribution in [0.5, 0.6) is 0 Å². The van der Waals surface area contributed by atoms with Crippen LogP contribution in [-0.4, -0.2) is 32.5 Å². The Morgan fingerprint density at radius 2 is 1.81 bits per heavy atom. The molecule has 140 valence electrons. The van der Waals surface area contributed by atoms with E-state index in [4.69, 9.17) is 0 Å². The molecule has 7 heteroatoms. The van der Waals surface area contributed by atoms with Crippen LogP contribution in [0.2, 0.25) is 0 Å². The van der Waals surface area contributed by atoms with Crippen LogP contribution in [0.15, 0.2) is 50.9 Å². The number of fused-ring (bicyclic) bond motifs is 1. The number of hydrogen-bond donors (Lipinski definition) is 2. The van der Waals surface area contributed by atoms with Crippen LogP contribution in [0.4, 0.5) is 0 Å². The van der Waals surface area contributed by atoms with Gasteiger partial charge < -0.3 is 4.98 Å². The summed E-state index contributed by atoms with van der Waals surface area (Å²) in [5, 5.41) is 0.702. The molecule has 2 aromatic heterocycles. The van der Waals surface area contributed by atoms with Gasteiger partial charge in [-0.3, -0.25) is 24.0 Å². The number of benzene rings is 1. The second kappa shape index (κ2) is 7.00. The van der Waals surface area contributed by atoms with Crippen molar-refractivity contribution in [1.82, 2.24) is 19.4 Å². The summed E-state index contributed by atoms with van der Waals surface area (Å²) in [5.74, 6) is 0. The molecule has 0 spiro atoms. The smallest absolute Gasteiger partial charge is 0.328 e. The zero-order chi connectivity index (χ0) is 19.0. The first-order chi connectivity index (χ1) is 13.0. The van der Waals surface area contributed by atoms with Crippen molar-refractivity contribution < 1.29 is 0 Å². The number of para-hydroxylation sites is 1. The number of hydrogen-bond acceptors (Lipinski definition) is 4. The van der Waals surface area contributed by atoms with E-state index < -0.39 is 0 Å². The minimum atomic E-state index is -0.345. The molecule has 0 radical (unpaired) electrons. The Morgan fingerprint density at radius 1 is 1.07 bits per heavy atom. The molecule has 3 aromatic rings. The number of rotatable bonds is 3. The summed E-state index contributed by atoms with van der Waals surface area (Å²) in [4.78, 5) is 43.9. The van der Waals surface area contributed by atoms with Crippen LogP contribution in [0.1, 0.15) is 30.1 Å². The maximum atomic E-state index is 12.3. The fourth-order valence-electron chi connectivity index (χ4n) is 3.79. The highest BCUT2D eigenvalue weighted by Crippen LogP contribution is 2.22. The summed E-state index contributed by atoms with van der Waals surface area (Å²) in [6, 6.07) is 9.27. The lowest BCUT2D eigenvalue weighted by Gasteiger charge is -2.32. The van der Waals surface area contributed by atoms with Crippen LogP contribution in [0, 0.1) is 6.92 Å². The van der Waals surface area contributed by atoms with E-state index in [0.29, 0.717) is 17.5 Å². The fraction of sp³-hybridized carbons (Fsp3) is 0.350. The number of likely N-dealkylation sites (tertiary alicyclic amines) is 1. The highest BCUT2D eigenvalue weighted by molar-refractivity contribution is 5.78. The molecular weight excluding hydrogens is 344 g/mol. The zero-order valence-corrected chi connectivity index (χ0v) is 15.2. The van der Waals surface area contributed by atoms with Crippen molar-refractivity contribution in [2.45, 2.75) is 32.4 Å². The van der Waals surface area contributed by atoms with Gasteiger partial charge in [-0.15, -0.1) is 0 Å². The summed E-state index contributed by atoms with van der Waals surface area (Å²) in [6.07, 6.45) is 3.30. The van der Waals surface area contributed by atoms with E-state index in [9.17, 15) is 14.4 Å². The van der Waals surface area contributed by atoms with Crippen LogP contribution in [0.25, 0.3) is 10.9 Å². The molecule has 0 aliphatic carbocycles. The van der Waals surface area contributed by atoms with Gasteiger partial charge in [-0.2, -0.15) is 0 Å². The Labute approximate surface area is 155 Å². The number of aromatic amines is 2. The monoisotopic (exact) mass is 366 g/mol. The van der Waals surface area contributed by atoms with Crippen molar-refractivity contribution in [2.24, 2.45) is 0 Å². The topological polar surface area (TPSA) is 91.0 Å². The molecule has 1 aliphatic rings. The number of H-pyrrole nitrogens is 2. The third-order valence-corrected chi connectivity index (χ3v) is 5.28. The fourth-order valence-corrected chi connectivity index (χ4v) is 3.79. The van der Waals surface area contributed by atoms with Gasteiger partial charge in [0.2, 0.25) is 0 Å². The van der Waals surface area contributed by atoms with E-state index >= 15 is 0 Å². The van der Waals surface area contributed by atoms with Crippen molar-refractivity contribution in [3.63, 3.8) is 0 Å². The largest absolute Gasteiger partial charge is 0.357 e. The minimum Gasteiger partial charge on any atom is -0.357 e. The molecule has 1 aromatic carbocycles. The lowest BCUT2D eigenvalue weighted by molar-refractivity contribution is 0.175. The van der Waals surface area contributed by atoms with E-state index in [-0.39, 0.29) is 22.7 Å². The number of pyridine rings is 1. The van der Waals surface area contributed by atoms with E-state index in [2.05, 4.69) is 14.9 Å². The molecule has 2 N–H and O–H groups in total. The molecule has 27 heavy (non-hydrogen) atoms. The summed E-state index contributed by atoms with van der Waals surface area (Å²) >= 11 is 0. The second-order valence-electron chi connectivity index (χ2n) is 7.19. The van der Waals surface area contributed by atoms with Crippen LogP contribution >= 0.6 is 0 Å². The van der Waals surface area contributed by atoms with Gasteiger partial charge in [0.25, 0.3) is 5.56 Å². The summed E-state index contributed by atoms with van der Waals surface area (Å²) in [7, 11) is 0.